The quantitative estimate of drug-likeness (QED) is 0.223. The minimum absolute atomic E-state index is 0.178. The second-order valence-corrected chi connectivity index (χ2v) is 11.3. The second-order valence-electron chi connectivity index (χ2n) is 11.3. The molecule has 0 radical (unpaired) electrons. The maximum atomic E-state index is 13.6. The van der Waals surface area contributed by atoms with Gasteiger partial charge in [-0.3, -0.25) is 19.4 Å². The fraction of sp³-hybridized carbons (Fsp3) is 0.281. The first-order chi connectivity index (χ1) is 22.3. The number of tetrazole rings is 1. The molecule has 2 aromatic carbocycles. The molecule has 5 heterocycles. The Balaban J connectivity index is 1.07. The zero-order valence-electron chi connectivity index (χ0n) is 25.1. The Hall–Kier alpha value is -5.37. The number of halogens is 2. The van der Waals surface area contributed by atoms with Crippen LogP contribution >= 0.6 is 0 Å². The molecule has 1 aliphatic rings. The lowest BCUT2D eigenvalue weighted by atomic mass is 10.0. The Bertz CT molecular complexity index is 1980. The van der Waals surface area contributed by atoms with E-state index >= 15 is 0 Å². The van der Waals surface area contributed by atoms with Gasteiger partial charge in [-0.1, -0.05) is 41.2 Å². The zero-order chi connectivity index (χ0) is 31.8. The molecule has 1 atom stereocenters. The van der Waals surface area contributed by atoms with E-state index in [4.69, 9.17) is 9.40 Å². The van der Waals surface area contributed by atoms with Gasteiger partial charge in [0.15, 0.2) is 11.4 Å². The van der Waals surface area contributed by atoms with Crippen LogP contribution in [0, 0.1) is 0 Å². The van der Waals surface area contributed by atoms with Gasteiger partial charge < -0.3 is 9.32 Å². The molecule has 0 N–H and O–H groups in total. The third-order valence-electron chi connectivity index (χ3n) is 8.02. The van der Waals surface area contributed by atoms with Crippen molar-refractivity contribution in [1.82, 2.24) is 49.8 Å². The molecular formula is C32H30F2N10O2. The van der Waals surface area contributed by atoms with E-state index in [2.05, 4.69) is 44.2 Å². The number of amides is 1. The number of nitrogens with zero attached hydrogens (tertiary/aromatic N) is 10. The highest BCUT2D eigenvalue weighted by molar-refractivity contribution is 5.93. The van der Waals surface area contributed by atoms with E-state index in [0.29, 0.717) is 53.5 Å². The molecule has 1 fully saturated rings. The molecule has 6 aromatic rings. The van der Waals surface area contributed by atoms with Gasteiger partial charge in [-0.15, -0.1) is 10.2 Å². The highest BCUT2D eigenvalue weighted by atomic mass is 19.3. The normalized spacial score (nSPS) is 14.9. The number of benzene rings is 2. The molecule has 1 aliphatic heterocycles. The minimum Gasteiger partial charge on any atom is -0.436 e. The summed E-state index contributed by atoms with van der Waals surface area (Å²) in [6, 6.07) is 18.5. The monoisotopic (exact) mass is 624 g/mol. The summed E-state index contributed by atoms with van der Waals surface area (Å²) in [5.74, 6) is 0.346. The predicted octanol–water partition coefficient (Wildman–Crippen LogP) is 5.26. The number of carbonyl (C=O) groups excluding carboxylic acids is 1. The van der Waals surface area contributed by atoms with E-state index in [1.165, 1.54) is 0 Å². The van der Waals surface area contributed by atoms with Crippen LogP contribution in [0.25, 0.3) is 33.7 Å². The molecule has 46 heavy (non-hydrogen) atoms. The summed E-state index contributed by atoms with van der Waals surface area (Å²) in [5, 5.41) is 15.8. The van der Waals surface area contributed by atoms with Gasteiger partial charge in [0.2, 0.25) is 5.89 Å². The molecule has 1 saturated heterocycles. The van der Waals surface area contributed by atoms with E-state index in [9.17, 15) is 13.6 Å². The summed E-state index contributed by atoms with van der Waals surface area (Å²) in [6.07, 6.45) is 5.41. The van der Waals surface area contributed by atoms with Gasteiger partial charge in [0.05, 0.1) is 12.2 Å². The average molecular weight is 625 g/mol. The molecule has 234 valence electrons. The van der Waals surface area contributed by atoms with Gasteiger partial charge in [0, 0.05) is 55.7 Å². The third-order valence-corrected chi connectivity index (χ3v) is 8.02. The van der Waals surface area contributed by atoms with Crippen molar-refractivity contribution in [3.8, 4) is 22.6 Å². The van der Waals surface area contributed by atoms with Gasteiger partial charge in [0.1, 0.15) is 11.2 Å². The van der Waals surface area contributed by atoms with Crippen molar-refractivity contribution >= 4 is 17.0 Å². The number of hydrogen-bond donors (Lipinski definition) is 0. The van der Waals surface area contributed by atoms with Crippen molar-refractivity contribution in [2.24, 2.45) is 0 Å². The molecule has 0 aliphatic carbocycles. The highest BCUT2D eigenvalue weighted by Gasteiger charge is 2.32. The van der Waals surface area contributed by atoms with E-state index in [1.54, 1.807) is 23.2 Å². The number of fused-ring (bicyclic) bond motifs is 1. The van der Waals surface area contributed by atoms with Gasteiger partial charge >= 0.3 is 6.55 Å². The lowest BCUT2D eigenvalue weighted by Gasteiger charge is -2.38. The Morgan fingerprint density at radius 1 is 0.935 bits per heavy atom. The molecule has 0 spiro atoms. The maximum absolute atomic E-state index is 13.6. The van der Waals surface area contributed by atoms with Crippen molar-refractivity contribution in [3.63, 3.8) is 0 Å². The fourth-order valence-electron chi connectivity index (χ4n) is 5.61. The van der Waals surface area contributed by atoms with Gasteiger partial charge in [-0.2, -0.15) is 13.9 Å². The number of alkyl halides is 2. The summed E-state index contributed by atoms with van der Waals surface area (Å²) in [7, 11) is 0. The first-order valence-electron chi connectivity index (χ1n) is 14.9. The molecule has 0 saturated carbocycles. The standard InChI is InChI=1S/C32H30F2N10O2/c1-20(2)43-19-24(18-36-43)22-8-9-27-25(16-22)37-30(46-27)23-10-11-35-26(17-23)31(45)42-14-12-41(13-15-42)28(21-6-4-3-5-7-21)29-38-40-44(39-29)32(33)34/h3-11,16-20,28,32H,12-15H2,1-2H3/t28-/m0/s1. The smallest absolute Gasteiger partial charge is 0.350 e. The summed E-state index contributed by atoms with van der Waals surface area (Å²) in [4.78, 5) is 26.7. The molecule has 0 unspecified atom stereocenters. The maximum Gasteiger partial charge on any atom is 0.350 e. The van der Waals surface area contributed by atoms with Crippen LogP contribution in [-0.4, -0.2) is 81.8 Å². The SMILES string of the molecule is CC(C)n1cc(-c2ccc3oc(-c4ccnc(C(=O)N5CCN([C@@H](c6ccccc6)c6nnn(C(F)F)n6)CC5)c4)nc3c2)cn1. The topological polar surface area (TPSA) is 124 Å². The third kappa shape index (κ3) is 5.74. The Morgan fingerprint density at radius 3 is 2.46 bits per heavy atom. The van der Waals surface area contributed by atoms with Crippen LogP contribution in [0.2, 0.25) is 0 Å². The molecule has 7 rings (SSSR count). The Kier molecular flexibility index (Phi) is 7.78. The predicted molar refractivity (Wildman–Crippen MR) is 164 cm³/mol. The van der Waals surface area contributed by atoms with Gasteiger partial charge in [-0.05, 0) is 54.5 Å². The van der Waals surface area contributed by atoms with Crippen LogP contribution in [0.3, 0.4) is 0 Å². The molecule has 4 aromatic heterocycles. The van der Waals surface area contributed by atoms with E-state index in [-0.39, 0.29) is 23.5 Å². The summed E-state index contributed by atoms with van der Waals surface area (Å²) in [5.41, 5.74) is 5.06. The van der Waals surface area contributed by atoms with Crippen LogP contribution < -0.4 is 0 Å². The average Bonchev–Trinajstić information content (AvgIpc) is 3.86. The second kappa shape index (κ2) is 12.2. The molecular weight excluding hydrogens is 594 g/mol. The van der Waals surface area contributed by atoms with Gasteiger partial charge in [-0.25, -0.2) is 4.98 Å². The summed E-state index contributed by atoms with van der Waals surface area (Å²) >= 11 is 0. The molecule has 0 bridgehead atoms. The van der Waals surface area contributed by atoms with Crippen LogP contribution in [-0.2, 0) is 0 Å². The van der Waals surface area contributed by atoms with E-state index in [0.717, 1.165) is 16.7 Å². The number of carbonyl (C=O) groups is 1. The Labute approximate surface area is 262 Å². The first-order valence-corrected chi connectivity index (χ1v) is 14.9. The number of pyridine rings is 1. The lowest BCUT2D eigenvalue weighted by Crippen LogP contribution is -2.50. The van der Waals surface area contributed by atoms with E-state index in [1.807, 2.05) is 65.6 Å². The van der Waals surface area contributed by atoms with Crippen molar-refractivity contribution in [1.29, 1.82) is 0 Å². The molecule has 12 nitrogen and oxygen atoms in total. The van der Waals surface area contributed by atoms with Crippen molar-refractivity contribution in [3.05, 3.63) is 96.3 Å². The van der Waals surface area contributed by atoms with Crippen molar-refractivity contribution < 1.29 is 18.0 Å². The van der Waals surface area contributed by atoms with Gasteiger partial charge in [0.25, 0.3) is 5.91 Å². The van der Waals surface area contributed by atoms with Crippen molar-refractivity contribution in [2.45, 2.75) is 32.5 Å². The van der Waals surface area contributed by atoms with Crippen molar-refractivity contribution in [2.75, 3.05) is 26.2 Å². The Morgan fingerprint density at radius 2 is 1.74 bits per heavy atom. The lowest BCUT2D eigenvalue weighted by molar-refractivity contribution is 0.0385. The van der Waals surface area contributed by atoms with Crippen LogP contribution in [0.15, 0.2) is 83.7 Å². The number of aromatic nitrogens is 8. The number of piperazine rings is 1. The minimum atomic E-state index is -2.89. The summed E-state index contributed by atoms with van der Waals surface area (Å²) in [6.45, 7) is 3.00. The van der Waals surface area contributed by atoms with Crippen LogP contribution in [0.1, 0.15) is 54.4 Å². The fourth-order valence-corrected chi connectivity index (χ4v) is 5.61. The molecule has 1 amide bonds. The first kappa shape index (κ1) is 29.3. The molecule has 14 heteroatoms. The number of rotatable bonds is 8. The van der Waals surface area contributed by atoms with Crippen LogP contribution in [0.4, 0.5) is 8.78 Å². The number of oxazole rings is 1. The largest absolute Gasteiger partial charge is 0.436 e. The van der Waals surface area contributed by atoms with E-state index < -0.39 is 12.6 Å². The number of hydrogen-bond acceptors (Lipinski definition) is 9. The summed E-state index contributed by atoms with van der Waals surface area (Å²) < 4.78 is 34.4. The zero-order valence-corrected chi connectivity index (χ0v) is 25.1. The highest BCUT2D eigenvalue weighted by Crippen LogP contribution is 2.30. The van der Waals surface area contributed by atoms with Crippen LogP contribution in [0.5, 0.6) is 0 Å².